The molecule has 23 heavy (non-hydrogen) atoms. The van der Waals surface area contributed by atoms with Gasteiger partial charge in [-0.25, -0.2) is 4.39 Å². The van der Waals surface area contributed by atoms with Crippen molar-refractivity contribution in [2.75, 3.05) is 0 Å². The van der Waals surface area contributed by atoms with Crippen LogP contribution in [-0.2, 0) is 6.54 Å². The maximum absolute atomic E-state index is 12.9. The summed E-state index contributed by atoms with van der Waals surface area (Å²) in [5, 5.41) is 13.9. The molecule has 1 aromatic heterocycles. The number of hydrogen-bond donors (Lipinski definition) is 2. The minimum atomic E-state index is -0.587. The highest BCUT2D eigenvalue weighted by Crippen LogP contribution is 2.25. The van der Waals surface area contributed by atoms with Gasteiger partial charge < -0.3 is 15.2 Å². The van der Waals surface area contributed by atoms with E-state index in [-0.39, 0.29) is 18.0 Å². The molecule has 5 heteroatoms. The van der Waals surface area contributed by atoms with Gasteiger partial charge in [0.2, 0.25) is 0 Å². The van der Waals surface area contributed by atoms with E-state index < -0.39 is 6.10 Å². The molecule has 1 saturated carbocycles. The maximum Gasteiger partial charge on any atom is 0.126 e. The van der Waals surface area contributed by atoms with Gasteiger partial charge in [0.15, 0.2) is 0 Å². The van der Waals surface area contributed by atoms with E-state index in [0.29, 0.717) is 12.3 Å². The van der Waals surface area contributed by atoms with Crippen LogP contribution in [0.25, 0.3) is 0 Å². The van der Waals surface area contributed by atoms with Crippen LogP contribution in [0.5, 0.6) is 5.75 Å². The van der Waals surface area contributed by atoms with E-state index in [1.807, 2.05) is 12.1 Å². The molecule has 0 amide bonds. The van der Waals surface area contributed by atoms with Crippen molar-refractivity contribution in [3.8, 4) is 5.75 Å². The fourth-order valence-corrected chi connectivity index (χ4v) is 2.93. The molecule has 0 saturated heterocycles. The van der Waals surface area contributed by atoms with Gasteiger partial charge in [0.05, 0.1) is 0 Å². The van der Waals surface area contributed by atoms with Gasteiger partial charge in [-0.1, -0.05) is 0 Å². The van der Waals surface area contributed by atoms with Crippen LogP contribution in [-0.4, -0.2) is 28.3 Å². The van der Waals surface area contributed by atoms with Crippen molar-refractivity contribution in [1.82, 2.24) is 10.3 Å². The van der Waals surface area contributed by atoms with Crippen LogP contribution in [0.1, 0.15) is 24.8 Å². The van der Waals surface area contributed by atoms with Crippen molar-refractivity contribution < 1.29 is 14.2 Å². The first-order valence-electron chi connectivity index (χ1n) is 7.95. The summed E-state index contributed by atoms with van der Waals surface area (Å²) in [5.74, 6) is 0.295. The summed E-state index contributed by atoms with van der Waals surface area (Å²) in [6.07, 6.45) is 5.35. The fraction of sp³-hybridized carbons (Fsp3) is 0.389. The minimum Gasteiger partial charge on any atom is -0.488 e. The van der Waals surface area contributed by atoms with Crippen molar-refractivity contribution >= 4 is 0 Å². The number of pyridine rings is 1. The minimum absolute atomic E-state index is 0.0117. The second-order valence-corrected chi connectivity index (χ2v) is 5.87. The van der Waals surface area contributed by atoms with Crippen LogP contribution in [0.2, 0.25) is 0 Å². The van der Waals surface area contributed by atoms with Crippen molar-refractivity contribution in [3.05, 3.63) is 60.2 Å². The average Bonchev–Trinajstić information content (AvgIpc) is 2.58. The zero-order valence-electron chi connectivity index (χ0n) is 12.9. The van der Waals surface area contributed by atoms with Crippen LogP contribution in [0.4, 0.5) is 4.39 Å². The Morgan fingerprint density at radius 2 is 1.87 bits per heavy atom. The van der Waals surface area contributed by atoms with Gasteiger partial charge in [-0.2, -0.15) is 0 Å². The number of benzene rings is 1. The summed E-state index contributed by atoms with van der Waals surface area (Å²) in [5.41, 5.74) is 1.13. The van der Waals surface area contributed by atoms with E-state index in [0.717, 1.165) is 24.8 Å². The highest BCUT2D eigenvalue weighted by Gasteiger charge is 2.33. The Balaban J connectivity index is 1.57. The van der Waals surface area contributed by atoms with E-state index in [9.17, 15) is 9.50 Å². The molecule has 3 rings (SSSR count). The molecule has 1 aliphatic rings. The van der Waals surface area contributed by atoms with Gasteiger partial charge >= 0.3 is 0 Å². The molecule has 3 atom stereocenters. The summed E-state index contributed by atoms with van der Waals surface area (Å²) in [4.78, 5) is 4.00. The van der Waals surface area contributed by atoms with E-state index in [1.54, 1.807) is 24.5 Å². The van der Waals surface area contributed by atoms with Crippen molar-refractivity contribution in [2.24, 2.45) is 0 Å². The van der Waals surface area contributed by atoms with Crippen molar-refractivity contribution in [3.63, 3.8) is 0 Å². The van der Waals surface area contributed by atoms with E-state index in [2.05, 4.69) is 10.3 Å². The molecule has 0 bridgehead atoms. The average molecular weight is 316 g/mol. The zero-order chi connectivity index (χ0) is 16.1. The van der Waals surface area contributed by atoms with Gasteiger partial charge in [-0.15, -0.1) is 0 Å². The first-order valence-corrected chi connectivity index (χ1v) is 7.95. The van der Waals surface area contributed by atoms with Gasteiger partial charge in [0, 0.05) is 25.0 Å². The number of rotatable bonds is 5. The van der Waals surface area contributed by atoms with E-state index >= 15 is 0 Å². The molecule has 2 aromatic rings. The molecule has 0 unspecified atom stereocenters. The number of aromatic nitrogens is 1. The second kappa shape index (κ2) is 7.53. The lowest BCUT2D eigenvalue weighted by Crippen LogP contribution is -2.50. The number of nitrogens with zero attached hydrogens (tertiary/aromatic N) is 1. The van der Waals surface area contributed by atoms with Crippen LogP contribution in [0.15, 0.2) is 48.8 Å². The van der Waals surface area contributed by atoms with Crippen molar-refractivity contribution in [1.29, 1.82) is 0 Å². The number of hydrogen-bond acceptors (Lipinski definition) is 4. The predicted molar refractivity (Wildman–Crippen MR) is 85.5 cm³/mol. The second-order valence-electron chi connectivity index (χ2n) is 5.87. The van der Waals surface area contributed by atoms with Gasteiger partial charge in [-0.3, -0.25) is 4.98 Å². The molecule has 1 aromatic carbocycles. The molecule has 1 aliphatic carbocycles. The quantitative estimate of drug-likeness (QED) is 0.890. The highest BCUT2D eigenvalue weighted by atomic mass is 19.1. The molecule has 0 aliphatic heterocycles. The standard InChI is InChI=1S/C18H21FN2O2/c19-14-4-6-15(7-5-14)23-17-3-1-2-16(18(17)22)21-12-13-8-10-20-11-9-13/h4-11,16-18,21-22H,1-3,12H2/t16-,17+,18+/m0/s1. The van der Waals surface area contributed by atoms with Crippen LogP contribution < -0.4 is 10.1 Å². The van der Waals surface area contributed by atoms with Gasteiger partial charge in [-0.05, 0) is 61.2 Å². The lowest BCUT2D eigenvalue weighted by molar-refractivity contribution is -0.0157. The first-order chi connectivity index (χ1) is 11.2. The molecule has 4 nitrogen and oxygen atoms in total. The van der Waals surface area contributed by atoms with Crippen LogP contribution in [0, 0.1) is 5.82 Å². The molecule has 0 spiro atoms. The summed E-state index contributed by atoms with van der Waals surface area (Å²) < 4.78 is 18.8. The Labute approximate surface area is 135 Å². The summed E-state index contributed by atoms with van der Waals surface area (Å²) >= 11 is 0. The molecular formula is C18H21FN2O2. The summed E-state index contributed by atoms with van der Waals surface area (Å²) in [7, 11) is 0. The van der Waals surface area contributed by atoms with E-state index in [4.69, 9.17) is 4.74 Å². The zero-order valence-corrected chi connectivity index (χ0v) is 12.9. The SMILES string of the molecule is O[C@@H]1[C@@H](NCc2ccncc2)CCC[C@H]1Oc1ccc(F)cc1. The normalized spacial score (nSPS) is 24.3. The number of aliphatic hydroxyl groups is 1. The Kier molecular flexibility index (Phi) is 5.20. The van der Waals surface area contributed by atoms with Crippen LogP contribution in [0.3, 0.4) is 0 Å². The molecule has 122 valence electrons. The third-order valence-corrected chi connectivity index (χ3v) is 4.22. The Hall–Kier alpha value is -1.98. The summed E-state index contributed by atoms with van der Waals surface area (Å²) in [6.45, 7) is 0.688. The fourth-order valence-electron chi connectivity index (χ4n) is 2.93. The third-order valence-electron chi connectivity index (χ3n) is 4.22. The third kappa shape index (κ3) is 4.27. The topological polar surface area (TPSA) is 54.4 Å². The Morgan fingerprint density at radius 3 is 2.61 bits per heavy atom. The monoisotopic (exact) mass is 316 g/mol. The number of ether oxygens (including phenoxy) is 1. The molecular weight excluding hydrogens is 295 g/mol. The lowest BCUT2D eigenvalue weighted by Gasteiger charge is -2.35. The maximum atomic E-state index is 12.9. The molecule has 1 fully saturated rings. The molecule has 1 heterocycles. The van der Waals surface area contributed by atoms with Gasteiger partial charge in [0.1, 0.15) is 23.8 Å². The van der Waals surface area contributed by atoms with Gasteiger partial charge in [0.25, 0.3) is 0 Å². The Morgan fingerprint density at radius 1 is 1.13 bits per heavy atom. The largest absolute Gasteiger partial charge is 0.488 e. The van der Waals surface area contributed by atoms with Crippen LogP contribution >= 0.6 is 0 Å². The number of halogens is 1. The smallest absolute Gasteiger partial charge is 0.126 e. The summed E-state index contributed by atoms with van der Waals surface area (Å²) in [6, 6.07) is 9.81. The van der Waals surface area contributed by atoms with Crippen molar-refractivity contribution in [2.45, 2.75) is 44.1 Å². The van der Waals surface area contributed by atoms with E-state index in [1.165, 1.54) is 12.1 Å². The number of nitrogens with one attached hydrogen (secondary N) is 1. The Bertz CT molecular complexity index is 606. The molecule has 2 N–H and O–H groups in total. The highest BCUT2D eigenvalue weighted by molar-refractivity contribution is 5.22. The molecule has 0 radical (unpaired) electrons. The predicted octanol–water partition coefficient (Wildman–Crippen LogP) is 2.67. The number of aliphatic hydroxyl groups excluding tert-OH is 1. The first kappa shape index (κ1) is 15.9. The lowest BCUT2D eigenvalue weighted by atomic mass is 9.89.